The van der Waals surface area contributed by atoms with Gasteiger partial charge in [-0.05, 0) is 6.92 Å². The van der Waals surface area contributed by atoms with Gasteiger partial charge in [-0.25, -0.2) is 13.6 Å². The van der Waals surface area contributed by atoms with Crippen molar-refractivity contribution in [1.82, 2.24) is 0 Å². The summed E-state index contributed by atoms with van der Waals surface area (Å²) in [7, 11) is 0. The predicted octanol–water partition coefficient (Wildman–Crippen LogP) is 1.90. The van der Waals surface area contributed by atoms with Gasteiger partial charge in [0, 0.05) is 0 Å². The molecule has 1 aliphatic heterocycles. The number of esters is 1. The van der Waals surface area contributed by atoms with E-state index in [-0.39, 0.29) is 6.61 Å². The van der Waals surface area contributed by atoms with Crippen LogP contribution in [0.15, 0.2) is 0 Å². The first-order valence-corrected chi connectivity index (χ1v) is 4.83. The van der Waals surface area contributed by atoms with E-state index >= 15 is 0 Å². The number of carbonyl (C=O) groups excluding carboxylic acids is 1. The van der Waals surface area contributed by atoms with Crippen molar-refractivity contribution in [3.8, 4) is 11.5 Å². The van der Waals surface area contributed by atoms with Crippen LogP contribution in [0.5, 0.6) is 11.5 Å². The first-order valence-electron chi connectivity index (χ1n) is 4.83. The molecule has 98 valence electrons. The number of ether oxygens (including phenoxy) is 3. The molecule has 0 radical (unpaired) electrons. The maximum absolute atomic E-state index is 13.2. The number of carbonyl (C=O) groups is 1. The largest absolute Gasteiger partial charge is 0.460 e. The van der Waals surface area contributed by atoms with E-state index in [0.29, 0.717) is 0 Å². The molecule has 0 unspecified atom stereocenters. The molecule has 1 heterocycles. The minimum Gasteiger partial charge on any atom is -0.460 e. The molecule has 2 rings (SSSR count). The summed E-state index contributed by atoms with van der Waals surface area (Å²) in [6.45, 7) is 1.46. The van der Waals surface area contributed by atoms with Gasteiger partial charge in [-0.15, -0.1) is 0 Å². The molecule has 0 fully saturated rings. The second kappa shape index (κ2) is 4.35. The minimum atomic E-state index is -2.04. The van der Waals surface area contributed by atoms with Crippen LogP contribution in [0.4, 0.5) is 17.6 Å². The van der Waals surface area contributed by atoms with Crippen molar-refractivity contribution in [3.05, 3.63) is 23.3 Å². The van der Waals surface area contributed by atoms with Crippen molar-refractivity contribution in [2.24, 2.45) is 0 Å². The highest BCUT2D eigenvalue weighted by atomic mass is 19.2. The van der Waals surface area contributed by atoms with Gasteiger partial charge in [-0.2, -0.15) is 8.78 Å². The van der Waals surface area contributed by atoms with Crippen LogP contribution in [-0.4, -0.2) is 18.9 Å². The average molecular weight is 266 g/mol. The fourth-order valence-electron chi connectivity index (χ4n) is 1.35. The van der Waals surface area contributed by atoms with Crippen LogP contribution in [-0.2, 0) is 9.53 Å². The molecule has 4 nitrogen and oxygen atoms in total. The Labute approximate surface area is 98.0 Å². The third kappa shape index (κ3) is 1.73. The number of halogens is 4. The molecule has 8 heteroatoms. The Balaban J connectivity index is 2.38. The first-order chi connectivity index (χ1) is 8.47. The summed E-state index contributed by atoms with van der Waals surface area (Å²) in [5.74, 6) is -10.7. The molecule has 1 aromatic rings. The van der Waals surface area contributed by atoms with Gasteiger partial charge >= 0.3 is 12.3 Å². The zero-order valence-corrected chi connectivity index (χ0v) is 8.93. The van der Waals surface area contributed by atoms with Crippen LogP contribution < -0.4 is 9.47 Å². The van der Waals surface area contributed by atoms with Gasteiger partial charge in [-0.1, -0.05) is 0 Å². The van der Waals surface area contributed by atoms with E-state index in [2.05, 4.69) is 14.2 Å². The SMILES string of the molecule is CCOC(=O)C1Oc2c(F)c(F)c(F)c(F)c2O1. The predicted molar refractivity (Wildman–Crippen MR) is 48.0 cm³/mol. The average Bonchev–Trinajstić information content (AvgIpc) is 2.79. The molecule has 0 atom stereocenters. The van der Waals surface area contributed by atoms with Gasteiger partial charge < -0.3 is 14.2 Å². The summed E-state index contributed by atoms with van der Waals surface area (Å²) in [5, 5.41) is 0. The second-order valence-corrected chi connectivity index (χ2v) is 3.23. The maximum Gasteiger partial charge on any atom is 0.389 e. The van der Waals surface area contributed by atoms with Crippen molar-refractivity contribution in [1.29, 1.82) is 0 Å². The summed E-state index contributed by atoms with van der Waals surface area (Å²) in [6.07, 6.45) is -1.79. The highest BCUT2D eigenvalue weighted by Crippen LogP contribution is 2.42. The van der Waals surface area contributed by atoms with Crippen LogP contribution in [0.1, 0.15) is 6.92 Å². The summed E-state index contributed by atoms with van der Waals surface area (Å²) < 4.78 is 65.8. The molecule has 0 saturated heterocycles. The molecule has 0 N–H and O–H groups in total. The van der Waals surface area contributed by atoms with Gasteiger partial charge in [0.15, 0.2) is 0 Å². The third-order valence-corrected chi connectivity index (χ3v) is 2.11. The van der Waals surface area contributed by atoms with E-state index in [1.165, 1.54) is 6.92 Å². The zero-order valence-electron chi connectivity index (χ0n) is 8.93. The lowest BCUT2D eigenvalue weighted by atomic mass is 10.2. The summed E-state index contributed by atoms with van der Waals surface area (Å²) >= 11 is 0. The van der Waals surface area contributed by atoms with Crippen molar-refractivity contribution in [2.45, 2.75) is 13.2 Å². The van der Waals surface area contributed by atoms with E-state index < -0.39 is 47.0 Å². The van der Waals surface area contributed by atoms with Crippen LogP contribution in [0.25, 0.3) is 0 Å². The zero-order chi connectivity index (χ0) is 13.4. The standard InChI is InChI=1S/C10H6F4O4/c1-2-16-9(15)10-17-7-5(13)3(11)4(12)6(14)8(7)18-10/h10H,2H2,1H3. The number of fused-ring (bicyclic) bond motifs is 1. The van der Waals surface area contributed by atoms with Gasteiger partial charge in [-0.3, -0.25) is 0 Å². The quantitative estimate of drug-likeness (QED) is 0.355. The van der Waals surface area contributed by atoms with E-state index in [1.54, 1.807) is 0 Å². The van der Waals surface area contributed by atoms with E-state index in [4.69, 9.17) is 0 Å². The molecule has 18 heavy (non-hydrogen) atoms. The summed E-state index contributed by atoms with van der Waals surface area (Å²) in [6, 6.07) is 0. The molecule has 0 spiro atoms. The van der Waals surface area contributed by atoms with Crippen molar-refractivity contribution >= 4 is 5.97 Å². The molecule has 0 bridgehead atoms. The Morgan fingerprint density at radius 1 is 1.06 bits per heavy atom. The maximum atomic E-state index is 13.2. The number of rotatable bonds is 2. The molecular formula is C10H6F4O4. The van der Waals surface area contributed by atoms with Gasteiger partial charge in [0.25, 0.3) is 0 Å². The molecule has 0 amide bonds. The molecule has 0 saturated carbocycles. The number of hydrogen-bond donors (Lipinski definition) is 0. The van der Waals surface area contributed by atoms with Crippen LogP contribution >= 0.6 is 0 Å². The Bertz CT molecular complexity index is 480. The lowest BCUT2D eigenvalue weighted by Gasteiger charge is -2.07. The van der Waals surface area contributed by atoms with Gasteiger partial charge in [0.2, 0.25) is 34.8 Å². The van der Waals surface area contributed by atoms with Crippen molar-refractivity contribution in [2.75, 3.05) is 6.61 Å². The molecular weight excluding hydrogens is 260 g/mol. The first kappa shape index (κ1) is 12.5. The number of benzene rings is 1. The smallest absolute Gasteiger partial charge is 0.389 e. The van der Waals surface area contributed by atoms with E-state index in [9.17, 15) is 22.4 Å². The molecule has 1 aromatic carbocycles. The topological polar surface area (TPSA) is 44.8 Å². The van der Waals surface area contributed by atoms with E-state index in [1.807, 2.05) is 0 Å². The lowest BCUT2D eigenvalue weighted by molar-refractivity contribution is -0.161. The Morgan fingerprint density at radius 2 is 1.50 bits per heavy atom. The molecule has 0 aromatic heterocycles. The van der Waals surface area contributed by atoms with Crippen LogP contribution in [0.3, 0.4) is 0 Å². The van der Waals surface area contributed by atoms with Crippen LogP contribution in [0, 0.1) is 23.3 Å². The second-order valence-electron chi connectivity index (χ2n) is 3.23. The molecule has 1 aliphatic rings. The lowest BCUT2D eigenvalue weighted by Crippen LogP contribution is -2.31. The normalized spacial score (nSPS) is 13.8. The highest BCUT2D eigenvalue weighted by Gasteiger charge is 2.40. The minimum absolute atomic E-state index is 0.0217. The van der Waals surface area contributed by atoms with Crippen LogP contribution in [0.2, 0.25) is 0 Å². The van der Waals surface area contributed by atoms with Crippen molar-refractivity contribution in [3.63, 3.8) is 0 Å². The van der Waals surface area contributed by atoms with Gasteiger partial charge in [0.05, 0.1) is 6.61 Å². The summed E-state index contributed by atoms with van der Waals surface area (Å²) in [5.41, 5.74) is 0. The Morgan fingerprint density at radius 3 is 1.89 bits per heavy atom. The summed E-state index contributed by atoms with van der Waals surface area (Å²) in [4.78, 5) is 11.2. The van der Waals surface area contributed by atoms with Crippen molar-refractivity contribution < 1.29 is 36.6 Å². The monoisotopic (exact) mass is 266 g/mol. The highest BCUT2D eigenvalue weighted by molar-refractivity contribution is 5.75. The third-order valence-electron chi connectivity index (χ3n) is 2.11. The fraction of sp³-hybridized carbons (Fsp3) is 0.300. The number of hydrogen-bond acceptors (Lipinski definition) is 4. The Hall–Kier alpha value is -1.99. The fourth-order valence-corrected chi connectivity index (χ4v) is 1.35. The van der Waals surface area contributed by atoms with E-state index in [0.717, 1.165) is 0 Å². The molecule has 0 aliphatic carbocycles. The van der Waals surface area contributed by atoms with Gasteiger partial charge in [0.1, 0.15) is 0 Å². The Kier molecular flexibility index (Phi) is 3.02.